The Morgan fingerprint density at radius 2 is 2.00 bits per heavy atom. The van der Waals surface area contributed by atoms with Crippen LogP contribution in [0.2, 0.25) is 0 Å². The lowest BCUT2D eigenvalue weighted by Gasteiger charge is -2.00. The maximum atomic E-state index is 13.7. The van der Waals surface area contributed by atoms with E-state index in [1.54, 1.807) is 0 Å². The van der Waals surface area contributed by atoms with E-state index in [2.05, 4.69) is 5.16 Å². The van der Waals surface area contributed by atoms with Gasteiger partial charge in [-0.3, -0.25) is 0 Å². The molecule has 4 nitrogen and oxygen atoms in total. The Morgan fingerprint density at radius 3 is 2.71 bits per heavy atom. The third kappa shape index (κ3) is 1.37. The zero-order chi connectivity index (χ0) is 12.0. The number of aromatic nitrogens is 1. The van der Waals surface area contributed by atoms with E-state index in [1.165, 1.54) is 18.4 Å². The number of nitrogen functional groups attached to an aromatic ring is 1. The summed E-state index contributed by atoms with van der Waals surface area (Å²) in [5.74, 6) is -1.27. The van der Waals surface area contributed by atoms with Crippen molar-refractivity contribution >= 4 is 16.8 Å². The van der Waals surface area contributed by atoms with Crippen molar-refractivity contribution in [3.63, 3.8) is 0 Å². The van der Waals surface area contributed by atoms with Gasteiger partial charge in [0.1, 0.15) is 11.6 Å². The summed E-state index contributed by atoms with van der Waals surface area (Å²) in [6, 6.07) is 3.53. The molecule has 0 aliphatic rings. The summed E-state index contributed by atoms with van der Waals surface area (Å²) >= 11 is 0. The van der Waals surface area contributed by atoms with Gasteiger partial charge in [0.15, 0.2) is 17.2 Å². The lowest BCUT2D eigenvalue weighted by Crippen LogP contribution is -1.87. The van der Waals surface area contributed by atoms with Crippen LogP contribution in [-0.4, -0.2) is 5.16 Å². The van der Waals surface area contributed by atoms with Crippen LogP contribution < -0.4 is 5.73 Å². The van der Waals surface area contributed by atoms with Gasteiger partial charge in [-0.1, -0.05) is 5.16 Å². The number of nitrogens with zero attached hydrogens (tertiary/aromatic N) is 1. The number of nitrogens with two attached hydrogens (primary N) is 1. The highest BCUT2D eigenvalue weighted by Crippen LogP contribution is 2.34. The summed E-state index contributed by atoms with van der Waals surface area (Å²) in [5.41, 5.74) is 5.46. The Hall–Kier alpha value is -2.37. The molecule has 0 amide bonds. The molecule has 0 aliphatic carbocycles. The van der Waals surface area contributed by atoms with Gasteiger partial charge in [-0.05, 0) is 6.07 Å². The molecule has 2 N–H and O–H groups in total. The van der Waals surface area contributed by atoms with Crippen LogP contribution in [0.1, 0.15) is 0 Å². The topological polar surface area (TPSA) is 65.2 Å². The van der Waals surface area contributed by atoms with Crippen LogP contribution in [-0.2, 0) is 0 Å². The fourth-order valence-corrected chi connectivity index (χ4v) is 1.70. The van der Waals surface area contributed by atoms with Crippen molar-refractivity contribution in [2.75, 3.05) is 5.73 Å². The smallest absolute Gasteiger partial charge is 0.175 e. The number of halogens is 2. The van der Waals surface area contributed by atoms with E-state index in [-0.39, 0.29) is 28.1 Å². The third-order valence-corrected chi connectivity index (χ3v) is 2.42. The van der Waals surface area contributed by atoms with E-state index in [0.29, 0.717) is 0 Å². The number of hydrogen-bond donors (Lipinski definition) is 1. The fourth-order valence-electron chi connectivity index (χ4n) is 1.70. The van der Waals surface area contributed by atoms with Crippen LogP contribution in [0.3, 0.4) is 0 Å². The largest absolute Gasteiger partial charge is 0.463 e. The molecule has 0 atom stereocenters. The lowest BCUT2D eigenvalue weighted by molar-refractivity contribution is 0.432. The van der Waals surface area contributed by atoms with Gasteiger partial charge >= 0.3 is 0 Å². The van der Waals surface area contributed by atoms with Gasteiger partial charge in [0, 0.05) is 12.1 Å². The van der Waals surface area contributed by atoms with Crippen LogP contribution in [0.4, 0.5) is 14.6 Å². The van der Waals surface area contributed by atoms with Crippen molar-refractivity contribution in [1.82, 2.24) is 5.16 Å². The normalized spacial score (nSPS) is 11.2. The van der Waals surface area contributed by atoms with Crippen LogP contribution >= 0.6 is 0 Å². The molecule has 3 rings (SSSR count). The molecule has 17 heavy (non-hydrogen) atoms. The molecule has 3 aromatic rings. The maximum Gasteiger partial charge on any atom is 0.175 e. The second kappa shape index (κ2) is 3.31. The molecule has 0 radical (unpaired) electrons. The zero-order valence-corrected chi connectivity index (χ0v) is 8.41. The molecular weight excluding hydrogens is 230 g/mol. The first-order valence-corrected chi connectivity index (χ1v) is 4.74. The van der Waals surface area contributed by atoms with Crippen molar-refractivity contribution in [1.29, 1.82) is 0 Å². The summed E-state index contributed by atoms with van der Waals surface area (Å²) in [7, 11) is 0. The first kappa shape index (κ1) is 9.83. The van der Waals surface area contributed by atoms with E-state index >= 15 is 0 Å². The SMILES string of the molecule is Nc1cc(-c2c(F)cc(F)c3ccoc23)on1. The number of rotatable bonds is 1. The van der Waals surface area contributed by atoms with E-state index in [4.69, 9.17) is 14.7 Å². The van der Waals surface area contributed by atoms with Crippen molar-refractivity contribution in [3.05, 3.63) is 36.1 Å². The monoisotopic (exact) mass is 236 g/mol. The second-order valence-corrected chi connectivity index (χ2v) is 3.49. The van der Waals surface area contributed by atoms with E-state index in [1.807, 2.05) is 0 Å². The molecule has 0 aliphatic heterocycles. The summed E-state index contributed by atoms with van der Waals surface area (Å²) < 4.78 is 37.1. The zero-order valence-electron chi connectivity index (χ0n) is 8.41. The maximum absolute atomic E-state index is 13.7. The summed E-state index contributed by atoms with van der Waals surface area (Å²) in [4.78, 5) is 0. The van der Waals surface area contributed by atoms with Gasteiger partial charge in [-0.2, -0.15) is 0 Å². The van der Waals surface area contributed by atoms with Gasteiger partial charge in [0.2, 0.25) is 0 Å². The van der Waals surface area contributed by atoms with Crippen molar-refractivity contribution < 1.29 is 17.7 Å². The Balaban J connectivity index is 2.39. The molecule has 2 heterocycles. The summed E-state index contributed by atoms with van der Waals surface area (Å²) in [6.45, 7) is 0. The van der Waals surface area contributed by atoms with Gasteiger partial charge in [-0.25, -0.2) is 8.78 Å². The predicted octanol–water partition coefficient (Wildman–Crippen LogP) is 2.95. The van der Waals surface area contributed by atoms with E-state index < -0.39 is 11.6 Å². The minimum absolute atomic E-state index is 0.00981. The van der Waals surface area contributed by atoms with Crippen LogP contribution in [0, 0.1) is 11.6 Å². The minimum Gasteiger partial charge on any atom is -0.463 e. The average molecular weight is 236 g/mol. The molecule has 0 unspecified atom stereocenters. The van der Waals surface area contributed by atoms with Crippen molar-refractivity contribution in [3.8, 4) is 11.3 Å². The van der Waals surface area contributed by atoms with Gasteiger partial charge in [0.25, 0.3) is 0 Å². The molecule has 2 aromatic heterocycles. The molecule has 0 bridgehead atoms. The first-order valence-electron chi connectivity index (χ1n) is 4.74. The summed E-state index contributed by atoms with van der Waals surface area (Å²) in [5, 5.41) is 3.63. The Labute approximate surface area is 93.6 Å². The molecule has 0 saturated carbocycles. The molecule has 0 saturated heterocycles. The number of benzene rings is 1. The highest BCUT2D eigenvalue weighted by Gasteiger charge is 2.19. The average Bonchev–Trinajstić information content (AvgIpc) is 2.87. The lowest BCUT2D eigenvalue weighted by atomic mass is 10.1. The minimum atomic E-state index is -0.791. The van der Waals surface area contributed by atoms with Crippen LogP contribution in [0.25, 0.3) is 22.3 Å². The number of anilines is 1. The Bertz CT molecular complexity index is 703. The Morgan fingerprint density at radius 1 is 1.18 bits per heavy atom. The predicted molar refractivity (Wildman–Crippen MR) is 56.0 cm³/mol. The summed E-state index contributed by atoms with van der Waals surface area (Å²) in [6.07, 6.45) is 1.27. The third-order valence-electron chi connectivity index (χ3n) is 2.42. The second-order valence-electron chi connectivity index (χ2n) is 3.49. The highest BCUT2D eigenvalue weighted by molar-refractivity contribution is 5.92. The van der Waals surface area contributed by atoms with Gasteiger partial charge in [0.05, 0.1) is 17.2 Å². The molecule has 0 spiro atoms. The van der Waals surface area contributed by atoms with Gasteiger partial charge in [-0.15, -0.1) is 0 Å². The number of hydrogen-bond acceptors (Lipinski definition) is 4. The highest BCUT2D eigenvalue weighted by atomic mass is 19.1. The first-order chi connectivity index (χ1) is 8.16. The molecule has 0 fully saturated rings. The van der Waals surface area contributed by atoms with Crippen LogP contribution in [0.15, 0.2) is 33.4 Å². The molecule has 1 aromatic carbocycles. The molecule has 6 heteroatoms. The van der Waals surface area contributed by atoms with E-state index in [9.17, 15) is 8.78 Å². The number of fused-ring (bicyclic) bond motifs is 1. The Kier molecular flexibility index (Phi) is 1.91. The molecular formula is C11H6F2N2O2. The van der Waals surface area contributed by atoms with Gasteiger partial charge < -0.3 is 14.7 Å². The standard InChI is InChI=1S/C11H6F2N2O2/c12-6-3-7(13)10(8-4-9(14)15-17-8)11-5(6)1-2-16-11/h1-4H,(H2,14,15). The van der Waals surface area contributed by atoms with Crippen molar-refractivity contribution in [2.45, 2.75) is 0 Å². The van der Waals surface area contributed by atoms with Crippen molar-refractivity contribution in [2.24, 2.45) is 0 Å². The number of furan rings is 1. The molecule has 86 valence electrons. The fraction of sp³-hybridized carbons (Fsp3) is 0. The van der Waals surface area contributed by atoms with Crippen LogP contribution in [0.5, 0.6) is 0 Å². The van der Waals surface area contributed by atoms with E-state index in [0.717, 1.165) is 6.07 Å². The quantitative estimate of drug-likeness (QED) is 0.705.